The van der Waals surface area contributed by atoms with E-state index in [4.69, 9.17) is 0 Å². The van der Waals surface area contributed by atoms with Crippen LogP contribution >= 0.6 is 0 Å². The van der Waals surface area contributed by atoms with Gasteiger partial charge in [-0.05, 0) is 18.2 Å². The molecule has 0 amide bonds. The van der Waals surface area contributed by atoms with Crippen LogP contribution < -0.4 is 4.72 Å². The summed E-state index contributed by atoms with van der Waals surface area (Å²) in [7, 11) is -3.12. The lowest BCUT2D eigenvalue weighted by Gasteiger charge is -2.10. The summed E-state index contributed by atoms with van der Waals surface area (Å²) in [5.74, 6) is -1.76. The maximum Gasteiger partial charge on any atom is 0.339 e. The van der Waals surface area contributed by atoms with Crippen LogP contribution in [0.15, 0.2) is 41.7 Å². The van der Waals surface area contributed by atoms with Crippen molar-refractivity contribution in [3.8, 4) is 0 Å². The van der Waals surface area contributed by atoms with E-state index >= 15 is 0 Å². The largest absolute Gasteiger partial charge is 0.465 e. The lowest BCUT2D eigenvalue weighted by Crippen LogP contribution is -2.18. The van der Waals surface area contributed by atoms with E-state index < -0.39 is 26.7 Å². The van der Waals surface area contributed by atoms with Crippen molar-refractivity contribution in [3.63, 3.8) is 0 Å². The molecule has 1 aromatic heterocycles. The monoisotopic (exact) mass is 311 g/mol. The van der Waals surface area contributed by atoms with Crippen molar-refractivity contribution in [2.45, 2.75) is 4.90 Å². The molecule has 1 N–H and O–H groups in total. The van der Waals surface area contributed by atoms with Crippen LogP contribution in [-0.2, 0) is 14.8 Å². The van der Waals surface area contributed by atoms with Gasteiger partial charge in [0.15, 0.2) is 5.82 Å². The zero-order valence-electron chi connectivity index (χ0n) is 10.8. The first-order chi connectivity index (χ1) is 9.94. The number of ether oxygens (including phenoxy) is 1. The standard InChI is InChI=1S/C12H10FN3O4S/c1-20-12(17)9-3-2-8(13)6-10(9)21(18,19)16-11-7-14-4-5-15-11/h2-7H,1H3,(H,15,16). The van der Waals surface area contributed by atoms with Gasteiger partial charge in [-0.3, -0.25) is 9.71 Å². The number of halogens is 1. The van der Waals surface area contributed by atoms with Crippen molar-refractivity contribution < 1.29 is 22.3 Å². The second-order valence-electron chi connectivity index (χ2n) is 3.83. The Balaban J connectivity index is 2.49. The topological polar surface area (TPSA) is 98.2 Å². The molecule has 0 aliphatic carbocycles. The highest BCUT2D eigenvalue weighted by atomic mass is 32.2. The predicted octanol–water partition coefficient (Wildman–Crippen LogP) is 1.20. The highest BCUT2D eigenvalue weighted by Gasteiger charge is 2.24. The molecule has 9 heteroatoms. The molecular weight excluding hydrogens is 301 g/mol. The van der Waals surface area contributed by atoms with E-state index in [2.05, 4.69) is 19.4 Å². The summed E-state index contributed by atoms with van der Waals surface area (Å²) in [6.07, 6.45) is 3.82. The molecule has 7 nitrogen and oxygen atoms in total. The molecule has 1 aromatic carbocycles. The van der Waals surface area contributed by atoms with Crippen molar-refractivity contribution in [1.29, 1.82) is 0 Å². The number of nitrogens with one attached hydrogen (secondary N) is 1. The normalized spacial score (nSPS) is 11.0. The van der Waals surface area contributed by atoms with Crippen molar-refractivity contribution >= 4 is 21.8 Å². The van der Waals surface area contributed by atoms with Crippen LogP contribution in [-0.4, -0.2) is 31.5 Å². The molecule has 2 rings (SSSR count). The number of methoxy groups -OCH3 is 1. The van der Waals surface area contributed by atoms with Gasteiger partial charge in [0, 0.05) is 12.4 Å². The Hall–Kier alpha value is -2.55. The number of carbonyl (C=O) groups is 1. The highest BCUT2D eigenvalue weighted by Crippen LogP contribution is 2.20. The lowest BCUT2D eigenvalue weighted by molar-refractivity contribution is 0.0596. The molecule has 0 spiro atoms. The molecular formula is C12H10FN3O4S. The summed E-state index contributed by atoms with van der Waals surface area (Å²) in [5, 5.41) is 0. The first-order valence-electron chi connectivity index (χ1n) is 5.61. The van der Waals surface area contributed by atoms with Gasteiger partial charge in [-0.15, -0.1) is 0 Å². The van der Waals surface area contributed by atoms with Crippen molar-refractivity contribution in [1.82, 2.24) is 9.97 Å². The van der Waals surface area contributed by atoms with Crippen LogP contribution in [0.5, 0.6) is 0 Å². The summed E-state index contributed by atoms with van der Waals surface area (Å²) in [4.78, 5) is 18.5. The number of nitrogens with zero attached hydrogens (tertiary/aromatic N) is 2. The smallest absolute Gasteiger partial charge is 0.339 e. The van der Waals surface area contributed by atoms with Gasteiger partial charge in [-0.1, -0.05) is 0 Å². The Labute approximate surface area is 119 Å². The van der Waals surface area contributed by atoms with E-state index in [1.807, 2.05) is 0 Å². The molecule has 0 unspecified atom stereocenters. The molecule has 1 heterocycles. The number of hydrogen-bond donors (Lipinski definition) is 1. The number of anilines is 1. The minimum Gasteiger partial charge on any atom is -0.465 e. The SMILES string of the molecule is COC(=O)c1ccc(F)cc1S(=O)(=O)Nc1cnccn1. The van der Waals surface area contributed by atoms with Crippen LogP contribution in [0.4, 0.5) is 10.2 Å². The summed E-state index contributed by atoms with van der Waals surface area (Å²) in [6.45, 7) is 0. The van der Waals surface area contributed by atoms with Gasteiger partial charge in [0.1, 0.15) is 10.7 Å². The number of rotatable bonds is 4. The number of sulfonamides is 1. The van der Waals surface area contributed by atoms with Crippen LogP contribution in [0.3, 0.4) is 0 Å². The van der Waals surface area contributed by atoms with Crippen LogP contribution in [0.1, 0.15) is 10.4 Å². The number of hydrogen-bond acceptors (Lipinski definition) is 6. The Bertz CT molecular complexity index is 765. The van der Waals surface area contributed by atoms with Crippen molar-refractivity contribution in [2.24, 2.45) is 0 Å². The van der Waals surface area contributed by atoms with E-state index in [9.17, 15) is 17.6 Å². The average molecular weight is 311 g/mol. The Morgan fingerprint density at radius 3 is 2.71 bits per heavy atom. The number of aromatic nitrogens is 2. The predicted molar refractivity (Wildman–Crippen MR) is 70.6 cm³/mol. The fourth-order valence-electron chi connectivity index (χ4n) is 1.54. The molecule has 0 fully saturated rings. The molecule has 0 radical (unpaired) electrons. The maximum atomic E-state index is 13.3. The number of esters is 1. The molecule has 110 valence electrons. The first kappa shape index (κ1) is 14.9. The second kappa shape index (κ2) is 5.83. The van der Waals surface area contributed by atoms with Crippen molar-refractivity contribution in [2.75, 3.05) is 11.8 Å². The van der Waals surface area contributed by atoms with Crippen LogP contribution in [0.2, 0.25) is 0 Å². The average Bonchev–Trinajstić information content (AvgIpc) is 2.47. The molecule has 0 saturated heterocycles. The Morgan fingerprint density at radius 1 is 1.33 bits per heavy atom. The number of benzene rings is 1. The van der Waals surface area contributed by atoms with Gasteiger partial charge in [0.25, 0.3) is 10.0 Å². The fourth-order valence-corrected chi connectivity index (χ4v) is 2.74. The fraction of sp³-hybridized carbons (Fsp3) is 0.0833. The third kappa shape index (κ3) is 3.31. The minimum absolute atomic E-state index is 0.0578. The van der Waals surface area contributed by atoms with E-state index in [1.165, 1.54) is 18.6 Å². The Morgan fingerprint density at radius 2 is 2.10 bits per heavy atom. The van der Waals surface area contributed by atoms with E-state index in [0.29, 0.717) is 0 Å². The van der Waals surface area contributed by atoms with E-state index in [1.54, 1.807) is 0 Å². The summed E-state index contributed by atoms with van der Waals surface area (Å²) >= 11 is 0. The summed E-state index contributed by atoms with van der Waals surface area (Å²) in [6, 6.07) is 2.73. The molecule has 2 aromatic rings. The third-order valence-electron chi connectivity index (χ3n) is 2.44. The third-order valence-corrected chi connectivity index (χ3v) is 3.84. The molecule has 21 heavy (non-hydrogen) atoms. The van der Waals surface area contributed by atoms with E-state index in [-0.39, 0.29) is 11.4 Å². The maximum absolute atomic E-state index is 13.3. The van der Waals surface area contributed by atoms with Gasteiger partial charge in [0.05, 0.1) is 18.9 Å². The minimum atomic E-state index is -4.21. The van der Waals surface area contributed by atoms with Crippen LogP contribution in [0, 0.1) is 5.82 Å². The Kier molecular flexibility index (Phi) is 4.13. The molecule has 0 atom stereocenters. The quantitative estimate of drug-likeness (QED) is 0.852. The van der Waals surface area contributed by atoms with Gasteiger partial charge >= 0.3 is 5.97 Å². The zero-order chi connectivity index (χ0) is 15.5. The van der Waals surface area contributed by atoms with Gasteiger partial charge in [-0.25, -0.2) is 22.6 Å². The summed E-state index contributed by atoms with van der Waals surface area (Å²) in [5.41, 5.74) is -0.282. The van der Waals surface area contributed by atoms with Crippen LogP contribution in [0.25, 0.3) is 0 Å². The molecule has 0 aliphatic heterocycles. The van der Waals surface area contributed by atoms with E-state index in [0.717, 1.165) is 25.3 Å². The molecule has 0 bridgehead atoms. The lowest BCUT2D eigenvalue weighted by atomic mass is 10.2. The highest BCUT2D eigenvalue weighted by molar-refractivity contribution is 7.92. The van der Waals surface area contributed by atoms with Gasteiger partial charge in [-0.2, -0.15) is 0 Å². The molecule has 0 saturated carbocycles. The van der Waals surface area contributed by atoms with Gasteiger partial charge in [0.2, 0.25) is 0 Å². The summed E-state index contributed by atoms with van der Waals surface area (Å²) < 4.78 is 44.4. The first-order valence-corrected chi connectivity index (χ1v) is 7.09. The molecule has 0 aliphatic rings. The van der Waals surface area contributed by atoms with Crippen molar-refractivity contribution in [3.05, 3.63) is 48.2 Å². The second-order valence-corrected chi connectivity index (χ2v) is 5.48. The zero-order valence-corrected chi connectivity index (χ0v) is 11.6. The van der Waals surface area contributed by atoms with Gasteiger partial charge < -0.3 is 4.74 Å². The number of carbonyl (C=O) groups excluding carboxylic acids is 1.